The lowest BCUT2D eigenvalue weighted by molar-refractivity contribution is 0.635. The topological polar surface area (TPSA) is 54.2 Å². The zero-order valence-corrected chi connectivity index (χ0v) is 19.1. The van der Waals surface area contributed by atoms with Crippen molar-refractivity contribution in [1.29, 1.82) is 0 Å². The number of guanidine groups is 1. The van der Waals surface area contributed by atoms with E-state index in [0.717, 1.165) is 31.0 Å². The van der Waals surface area contributed by atoms with Gasteiger partial charge in [-0.2, -0.15) is 5.10 Å². The van der Waals surface area contributed by atoms with E-state index >= 15 is 0 Å². The van der Waals surface area contributed by atoms with Crippen LogP contribution in [0, 0.1) is 20.8 Å². The lowest BCUT2D eigenvalue weighted by atomic mass is 10.1. The van der Waals surface area contributed by atoms with Crippen LogP contribution in [0.5, 0.6) is 0 Å². The number of halogens is 1. The van der Waals surface area contributed by atoms with E-state index in [0.29, 0.717) is 0 Å². The van der Waals surface area contributed by atoms with Gasteiger partial charge in [-0.25, -0.2) is 0 Å². The number of rotatable bonds is 6. The molecule has 26 heavy (non-hydrogen) atoms. The molecule has 0 aliphatic rings. The molecule has 1 unspecified atom stereocenters. The molecule has 0 aliphatic heterocycles. The van der Waals surface area contributed by atoms with E-state index in [4.69, 9.17) is 0 Å². The monoisotopic (exact) mass is 469 g/mol. The predicted molar refractivity (Wildman–Crippen MR) is 121 cm³/mol. The SMILES string of the molecule is CN=C(NCCc1cccc(C)c1)NC(C)Cc1c(C)nn(C)c1C.I. The van der Waals surface area contributed by atoms with Crippen LogP contribution < -0.4 is 10.6 Å². The van der Waals surface area contributed by atoms with Crippen molar-refractivity contribution in [2.75, 3.05) is 13.6 Å². The third-order valence-corrected chi connectivity index (χ3v) is 4.56. The quantitative estimate of drug-likeness (QED) is 0.388. The first-order valence-corrected chi connectivity index (χ1v) is 8.92. The Morgan fingerprint density at radius 1 is 1.27 bits per heavy atom. The van der Waals surface area contributed by atoms with Gasteiger partial charge in [0.15, 0.2) is 5.96 Å². The molecule has 1 aromatic heterocycles. The van der Waals surface area contributed by atoms with Crippen molar-refractivity contribution in [1.82, 2.24) is 20.4 Å². The van der Waals surface area contributed by atoms with Gasteiger partial charge in [0, 0.05) is 32.4 Å². The van der Waals surface area contributed by atoms with Gasteiger partial charge in [-0.05, 0) is 51.7 Å². The maximum Gasteiger partial charge on any atom is 0.191 e. The van der Waals surface area contributed by atoms with E-state index in [2.05, 4.69) is 72.7 Å². The Hall–Kier alpha value is -1.57. The van der Waals surface area contributed by atoms with Crippen LogP contribution in [-0.2, 0) is 19.9 Å². The maximum atomic E-state index is 4.50. The summed E-state index contributed by atoms with van der Waals surface area (Å²) in [6.07, 6.45) is 1.92. The molecule has 2 aromatic rings. The molecule has 1 atom stereocenters. The van der Waals surface area contributed by atoms with Crippen LogP contribution in [0.25, 0.3) is 0 Å². The number of nitrogens with one attached hydrogen (secondary N) is 2. The lowest BCUT2D eigenvalue weighted by Gasteiger charge is -2.18. The highest BCUT2D eigenvalue weighted by atomic mass is 127. The minimum absolute atomic E-state index is 0. The number of benzene rings is 1. The van der Waals surface area contributed by atoms with E-state index in [-0.39, 0.29) is 30.0 Å². The van der Waals surface area contributed by atoms with Crippen LogP contribution in [0.3, 0.4) is 0 Å². The van der Waals surface area contributed by atoms with Gasteiger partial charge < -0.3 is 10.6 Å². The van der Waals surface area contributed by atoms with E-state index in [1.165, 1.54) is 22.4 Å². The summed E-state index contributed by atoms with van der Waals surface area (Å²) < 4.78 is 1.95. The van der Waals surface area contributed by atoms with Crippen LogP contribution in [0.2, 0.25) is 0 Å². The van der Waals surface area contributed by atoms with Gasteiger partial charge in [0.05, 0.1) is 5.69 Å². The van der Waals surface area contributed by atoms with Gasteiger partial charge >= 0.3 is 0 Å². The van der Waals surface area contributed by atoms with E-state index < -0.39 is 0 Å². The van der Waals surface area contributed by atoms with Crippen LogP contribution in [0.4, 0.5) is 0 Å². The van der Waals surface area contributed by atoms with Gasteiger partial charge in [0.2, 0.25) is 0 Å². The van der Waals surface area contributed by atoms with E-state index in [9.17, 15) is 0 Å². The van der Waals surface area contributed by atoms with Crippen LogP contribution >= 0.6 is 24.0 Å². The highest BCUT2D eigenvalue weighted by molar-refractivity contribution is 14.0. The minimum Gasteiger partial charge on any atom is -0.356 e. The summed E-state index contributed by atoms with van der Waals surface area (Å²) in [5.41, 5.74) is 6.30. The van der Waals surface area contributed by atoms with E-state index in [1.807, 2.05) is 18.8 Å². The minimum atomic E-state index is 0. The van der Waals surface area contributed by atoms with Crippen molar-refractivity contribution in [3.05, 3.63) is 52.3 Å². The largest absolute Gasteiger partial charge is 0.356 e. The molecule has 1 heterocycles. The van der Waals surface area contributed by atoms with Gasteiger partial charge in [0.25, 0.3) is 0 Å². The molecule has 5 nitrogen and oxygen atoms in total. The van der Waals surface area contributed by atoms with Gasteiger partial charge in [-0.1, -0.05) is 29.8 Å². The third-order valence-electron chi connectivity index (χ3n) is 4.56. The average molecular weight is 469 g/mol. The Labute approximate surface area is 174 Å². The summed E-state index contributed by atoms with van der Waals surface area (Å²) in [4.78, 5) is 4.34. The molecule has 0 aliphatic carbocycles. The third kappa shape index (κ3) is 6.30. The molecule has 0 fully saturated rings. The number of nitrogens with zero attached hydrogens (tertiary/aromatic N) is 3. The Morgan fingerprint density at radius 2 is 2.00 bits per heavy atom. The molecule has 0 saturated carbocycles. The number of hydrogen-bond acceptors (Lipinski definition) is 2. The molecule has 0 radical (unpaired) electrons. The first-order chi connectivity index (χ1) is 11.9. The average Bonchev–Trinajstić information content (AvgIpc) is 2.80. The van der Waals surface area contributed by atoms with Crippen molar-refractivity contribution in [2.45, 2.75) is 46.6 Å². The predicted octanol–water partition coefficient (Wildman–Crippen LogP) is 3.30. The zero-order chi connectivity index (χ0) is 18.4. The summed E-state index contributed by atoms with van der Waals surface area (Å²) in [5, 5.41) is 11.4. The summed E-state index contributed by atoms with van der Waals surface area (Å²) in [6.45, 7) is 9.36. The Bertz CT molecular complexity index is 736. The van der Waals surface area contributed by atoms with Crippen molar-refractivity contribution in [2.24, 2.45) is 12.0 Å². The smallest absolute Gasteiger partial charge is 0.191 e. The molecule has 2 N–H and O–H groups in total. The second-order valence-electron chi connectivity index (χ2n) is 6.76. The molecule has 0 spiro atoms. The van der Waals surface area contributed by atoms with Crippen molar-refractivity contribution < 1.29 is 0 Å². The lowest BCUT2D eigenvalue weighted by Crippen LogP contribution is -2.43. The molecular weight excluding hydrogens is 437 g/mol. The normalized spacial score (nSPS) is 12.5. The second-order valence-corrected chi connectivity index (χ2v) is 6.76. The summed E-state index contributed by atoms with van der Waals surface area (Å²) in [5.74, 6) is 0.847. The van der Waals surface area contributed by atoms with E-state index in [1.54, 1.807) is 0 Å². The molecule has 0 amide bonds. The van der Waals surface area contributed by atoms with Crippen LogP contribution in [0.15, 0.2) is 29.3 Å². The number of hydrogen-bond donors (Lipinski definition) is 2. The Morgan fingerprint density at radius 3 is 2.58 bits per heavy atom. The molecule has 6 heteroatoms. The second kappa shape index (κ2) is 10.5. The molecule has 1 aromatic carbocycles. The maximum absolute atomic E-state index is 4.50. The van der Waals surface area contributed by atoms with Gasteiger partial charge in [0.1, 0.15) is 0 Å². The summed E-state index contributed by atoms with van der Waals surface area (Å²) in [7, 11) is 3.81. The van der Waals surface area contributed by atoms with Crippen molar-refractivity contribution in [3.63, 3.8) is 0 Å². The number of aromatic nitrogens is 2. The van der Waals surface area contributed by atoms with Crippen LogP contribution in [0.1, 0.15) is 35.0 Å². The fourth-order valence-corrected chi connectivity index (χ4v) is 3.09. The van der Waals surface area contributed by atoms with Gasteiger partial charge in [-0.15, -0.1) is 24.0 Å². The van der Waals surface area contributed by atoms with Crippen molar-refractivity contribution in [3.8, 4) is 0 Å². The molecule has 0 bridgehead atoms. The highest BCUT2D eigenvalue weighted by Gasteiger charge is 2.13. The Balaban J connectivity index is 0.00000338. The summed E-state index contributed by atoms with van der Waals surface area (Å²) >= 11 is 0. The van der Waals surface area contributed by atoms with Gasteiger partial charge in [-0.3, -0.25) is 9.67 Å². The molecular formula is C20H32IN5. The standard InChI is InChI=1S/C20H31N5.HI/c1-14-8-7-9-18(12-14)10-11-22-20(21-5)23-15(2)13-19-16(3)24-25(6)17(19)4;/h7-9,12,15H,10-11,13H2,1-6H3,(H2,21,22,23);1H. The highest BCUT2D eigenvalue weighted by Crippen LogP contribution is 2.14. The fourth-order valence-electron chi connectivity index (χ4n) is 3.09. The van der Waals surface area contributed by atoms with Crippen LogP contribution in [-0.4, -0.2) is 35.4 Å². The van der Waals surface area contributed by atoms with Crippen molar-refractivity contribution >= 4 is 29.9 Å². The number of aliphatic imine (C=N–C) groups is 1. The molecule has 2 rings (SSSR count). The summed E-state index contributed by atoms with van der Waals surface area (Å²) in [6, 6.07) is 8.92. The number of aryl methyl sites for hydroxylation is 3. The molecule has 0 saturated heterocycles. The Kier molecular flexibility index (Phi) is 9.12. The fraction of sp³-hybridized carbons (Fsp3) is 0.500. The first kappa shape index (κ1) is 22.5. The zero-order valence-electron chi connectivity index (χ0n) is 16.8. The molecule has 144 valence electrons. The first-order valence-electron chi connectivity index (χ1n) is 8.92.